The lowest BCUT2D eigenvalue weighted by Crippen LogP contribution is -2.50. The van der Waals surface area contributed by atoms with E-state index in [4.69, 9.17) is 0 Å². The van der Waals surface area contributed by atoms with Crippen LogP contribution in [0.2, 0.25) is 0 Å². The zero-order valence-electron chi connectivity index (χ0n) is 17.3. The predicted octanol–water partition coefficient (Wildman–Crippen LogP) is 3.28. The van der Waals surface area contributed by atoms with E-state index in [9.17, 15) is 18.3 Å². The zero-order chi connectivity index (χ0) is 22.2. The SMILES string of the molecule is Cc1ccc(O)c(S(=O)(=O)N2CCN(C(=O)c3sc(-c4ccccc4)nc3C)CC2)c1. The molecule has 0 spiro atoms. The summed E-state index contributed by atoms with van der Waals surface area (Å²) in [4.78, 5) is 19.8. The fourth-order valence-electron chi connectivity index (χ4n) is 3.54. The fourth-order valence-corrected chi connectivity index (χ4v) is 6.17. The highest BCUT2D eigenvalue weighted by atomic mass is 32.2. The Morgan fingerprint density at radius 1 is 1.03 bits per heavy atom. The quantitative estimate of drug-likeness (QED) is 0.649. The Morgan fingerprint density at radius 3 is 2.39 bits per heavy atom. The number of aryl methyl sites for hydroxylation is 2. The Kier molecular flexibility index (Phi) is 5.83. The van der Waals surface area contributed by atoms with Gasteiger partial charge in [0.05, 0.1) is 5.69 Å². The van der Waals surface area contributed by atoms with Crippen LogP contribution in [0.3, 0.4) is 0 Å². The second-order valence-corrected chi connectivity index (χ2v) is 10.4. The third kappa shape index (κ3) is 4.21. The van der Waals surface area contributed by atoms with Crippen molar-refractivity contribution < 1.29 is 18.3 Å². The number of phenolic OH excluding ortho intramolecular Hbond substituents is 1. The molecule has 0 aliphatic carbocycles. The summed E-state index contributed by atoms with van der Waals surface area (Å²) in [5.41, 5.74) is 2.39. The minimum atomic E-state index is -3.83. The van der Waals surface area contributed by atoms with Crippen LogP contribution in [0.5, 0.6) is 5.75 Å². The number of sulfonamides is 1. The lowest BCUT2D eigenvalue weighted by atomic mass is 10.2. The maximum absolute atomic E-state index is 13.1. The molecule has 0 atom stereocenters. The van der Waals surface area contributed by atoms with Crippen LogP contribution < -0.4 is 0 Å². The van der Waals surface area contributed by atoms with Crippen LogP contribution in [0.15, 0.2) is 53.4 Å². The summed E-state index contributed by atoms with van der Waals surface area (Å²) < 4.78 is 27.3. The molecule has 0 saturated carbocycles. The van der Waals surface area contributed by atoms with Gasteiger partial charge >= 0.3 is 0 Å². The topological polar surface area (TPSA) is 90.8 Å². The largest absolute Gasteiger partial charge is 0.507 e. The smallest absolute Gasteiger partial charge is 0.265 e. The zero-order valence-corrected chi connectivity index (χ0v) is 18.9. The van der Waals surface area contributed by atoms with Crippen LogP contribution in [0.4, 0.5) is 0 Å². The van der Waals surface area contributed by atoms with Crippen LogP contribution >= 0.6 is 11.3 Å². The number of carbonyl (C=O) groups excluding carboxylic acids is 1. The van der Waals surface area contributed by atoms with Gasteiger partial charge in [-0.2, -0.15) is 4.31 Å². The van der Waals surface area contributed by atoms with Crippen molar-refractivity contribution in [2.24, 2.45) is 0 Å². The van der Waals surface area contributed by atoms with Crippen molar-refractivity contribution in [3.8, 4) is 16.3 Å². The molecule has 1 aliphatic heterocycles. The van der Waals surface area contributed by atoms with Gasteiger partial charge < -0.3 is 10.0 Å². The summed E-state index contributed by atoms with van der Waals surface area (Å²) in [5.74, 6) is -0.398. The van der Waals surface area contributed by atoms with E-state index in [1.807, 2.05) is 37.3 Å². The molecule has 1 N–H and O–H groups in total. The molecule has 7 nitrogen and oxygen atoms in total. The Bertz CT molecular complexity index is 1210. The third-order valence-corrected chi connectivity index (χ3v) is 8.39. The van der Waals surface area contributed by atoms with E-state index in [1.54, 1.807) is 17.9 Å². The molecule has 0 unspecified atom stereocenters. The monoisotopic (exact) mass is 457 g/mol. The van der Waals surface area contributed by atoms with Gasteiger partial charge in [-0.15, -0.1) is 11.3 Å². The van der Waals surface area contributed by atoms with Crippen molar-refractivity contribution in [3.63, 3.8) is 0 Å². The number of amides is 1. The molecule has 31 heavy (non-hydrogen) atoms. The minimum Gasteiger partial charge on any atom is -0.507 e. The maximum Gasteiger partial charge on any atom is 0.265 e. The number of thiazole rings is 1. The first-order valence-corrected chi connectivity index (χ1v) is 12.1. The molecule has 2 aromatic carbocycles. The average molecular weight is 458 g/mol. The van der Waals surface area contributed by atoms with Gasteiger partial charge in [0.1, 0.15) is 20.5 Å². The highest BCUT2D eigenvalue weighted by Gasteiger charge is 2.33. The van der Waals surface area contributed by atoms with Gasteiger partial charge in [-0.1, -0.05) is 36.4 Å². The molecule has 162 valence electrons. The van der Waals surface area contributed by atoms with Crippen molar-refractivity contribution in [1.82, 2.24) is 14.2 Å². The molecule has 1 saturated heterocycles. The van der Waals surface area contributed by atoms with E-state index >= 15 is 0 Å². The van der Waals surface area contributed by atoms with Crippen LogP contribution in [-0.2, 0) is 10.0 Å². The molecular formula is C22H23N3O4S2. The Hall–Kier alpha value is -2.75. The highest BCUT2D eigenvalue weighted by molar-refractivity contribution is 7.89. The number of carbonyl (C=O) groups is 1. The highest BCUT2D eigenvalue weighted by Crippen LogP contribution is 2.30. The Balaban J connectivity index is 1.48. The first-order valence-electron chi connectivity index (χ1n) is 9.89. The van der Waals surface area contributed by atoms with E-state index < -0.39 is 10.0 Å². The number of hydrogen-bond donors (Lipinski definition) is 1. The number of benzene rings is 2. The van der Waals surface area contributed by atoms with Crippen molar-refractivity contribution in [3.05, 3.63) is 64.7 Å². The van der Waals surface area contributed by atoms with Gasteiger partial charge in [0, 0.05) is 31.7 Å². The van der Waals surface area contributed by atoms with Crippen molar-refractivity contribution >= 4 is 27.3 Å². The van der Waals surface area contributed by atoms with Gasteiger partial charge in [0.15, 0.2) is 0 Å². The molecule has 0 bridgehead atoms. The second-order valence-electron chi connectivity index (χ2n) is 7.47. The molecule has 4 rings (SSSR count). The maximum atomic E-state index is 13.1. The number of piperazine rings is 1. The van der Waals surface area contributed by atoms with E-state index in [0.717, 1.165) is 16.1 Å². The molecule has 2 heterocycles. The summed E-state index contributed by atoms with van der Waals surface area (Å²) in [6.07, 6.45) is 0. The minimum absolute atomic E-state index is 0.0990. The molecule has 3 aromatic rings. The number of rotatable bonds is 4. The number of hydrogen-bond acceptors (Lipinski definition) is 6. The number of nitrogens with zero attached hydrogens (tertiary/aromatic N) is 3. The predicted molar refractivity (Wildman–Crippen MR) is 120 cm³/mol. The number of phenols is 1. The molecule has 9 heteroatoms. The van der Waals surface area contributed by atoms with Gasteiger partial charge in [0.2, 0.25) is 10.0 Å². The number of aromatic nitrogens is 1. The lowest BCUT2D eigenvalue weighted by Gasteiger charge is -2.34. The summed E-state index contributed by atoms with van der Waals surface area (Å²) in [7, 11) is -3.83. The molecule has 1 amide bonds. The van der Waals surface area contributed by atoms with E-state index in [-0.39, 0.29) is 42.7 Å². The van der Waals surface area contributed by atoms with Gasteiger partial charge in [0.25, 0.3) is 5.91 Å². The summed E-state index contributed by atoms with van der Waals surface area (Å²) in [6.45, 7) is 4.49. The lowest BCUT2D eigenvalue weighted by molar-refractivity contribution is 0.0701. The fraction of sp³-hybridized carbons (Fsp3) is 0.273. The van der Waals surface area contributed by atoms with Gasteiger partial charge in [-0.25, -0.2) is 13.4 Å². The van der Waals surface area contributed by atoms with Crippen molar-refractivity contribution in [1.29, 1.82) is 0 Å². The summed E-state index contributed by atoms with van der Waals surface area (Å²) >= 11 is 1.35. The molecule has 1 fully saturated rings. The normalized spacial score (nSPS) is 15.2. The van der Waals surface area contributed by atoms with Crippen molar-refractivity contribution in [2.75, 3.05) is 26.2 Å². The average Bonchev–Trinajstić information content (AvgIpc) is 3.17. The van der Waals surface area contributed by atoms with Crippen molar-refractivity contribution in [2.45, 2.75) is 18.7 Å². The first-order chi connectivity index (χ1) is 14.8. The standard InChI is InChI=1S/C22H23N3O4S2/c1-15-8-9-18(26)19(14-15)31(28,29)25-12-10-24(11-13-25)22(27)20-16(2)23-21(30-20)17-6-4-3-5-7-17/h3-9,14,26H,10-13H2,1-2H3. The van der Waals surface area contributed by atoms with E-state index in [1.165, 1.54) is 27.8 Å². The molecule has 0 radical (unpaired) electrons. The van der Waals surface area contributed by atoms with E-state index in [0.29, 0.717) is 10.6 Å². The second kappa shape index (κ2) is 8.41. The van der Waals surface area contributed by atoms with Crippen LogP contribution in [0.1, 0.15) is 20.9 Å². The van der Waals surface area contributed by atoms with Crippen LogP contribution in [0, 0.1) is 13.8 Å². The van der Waals surface area contributed by atoms with Gasteiger partial charge in [-0.3, -0.25) is 4.79 Å². The van der Waals surface area contributed by atoms with Crippen LogP contribution in [0.25, 0.3) is 10.6 Å². The Labute approximate surface area is 185 Å². The summed E-state index contributed by atoms with van der Waals surface area (Å²) in [6, 6.07) is 14.2. The third-order valence-electron chi connectivity index (χ3n) is 5.27. The van der Waals surface area contributed by atoms with E-state index in [2.05, 4.69) is 4.98 Å². The molecular weight excluding hydrogens is 434 g/mol. The molecule has 1 aromatic heterocycles. The summed E-state index contributed by atoms with van der Waals surface area (Å²) in [5, 5.41) is 10.8. The number of aromatic hydroxyl groups is 1. The first kappa shape index (κ1) is 21.5. The van der Waals surface area contributed by atoms with Gasteiger partial charge in [-0.05, 0) is 31.5 Å². The molecule has 1 aliphatic rings. The Morgan fingerprint density at radius 2 is 1.71 bits per heavy atom. The van der Waals surface area contributed by atoms with Crippen LogP contribution in [-0.4, -0.2) is 59.8 Å².